The summed E-state index contributed by atoms with van der Waals surface area (Å²) < 4.78 is 0. The summed E-state index contributed by atoms with van der Waals surface area (Å²) in [6, 6.07) is 35.3. The molecular weight excluding hydrogens is 358 g/mol. The molecule has 0 fully saturated rings. The third-order valence-corrected chi connectivity index (χ3v) is 6.82. The first-order chi connectivity index (χ1) is 13.9. The van der Waals surface area contributed by atoms with Crippen LogP contribution in [-0.2, 0) is 12.0 Å². The third kappa shape index (κ3) is 2.90. The van der Waals surface area contributed by atoms with Gasteiger partial charge in [0.1, 0.15) is 0 Å². The number of benzene rings is 3. The molecule has 1 unspecified atom stereocenters. The first-order valence-electron chi connectivity index (χ1n) is 9.88. The summed E-state index contributed by atoms with van der Waals surface area (Å²) in [6.07, 6.45) is 2.31. The molecule has 0 saturated heterocycles. The van der Waals surface area contributed by atoms with E-state index in [1.54, 1.807) is 0 Å². The average molecular weight is 382 g/mol. The monoisotopic (exact) mass is 381 g/mol. The maximum absolute atomic E-state index is 4.13. The van der Waals surface area contributed by atoms with Crippen molar-refractivity contribution in [2.45, 2.75) is 24.4 Å². The van der Waals surface area contributed by atoms with Crippen molar-refractivity contribution in [1.82, 2.24) is 5.32 Å². The average Bonchev–Trinajstić information content (AvgIpc) is 3.39. The fourth-order valence-electron chi connectivity index (χ4n) is 4.52. The van der Waals surface area contributed by atoms with Crippen molar-refractivity contribution >= 4 is 11.3 Å². The minimum atomic E-state index is -0.391. The zero-order valence-corrected chi connectivity index (χ0v) is 16.5. The van der Waals surface area contributed by atoms with Gasteiger partial charge in [-0.2, -0.15) is 0 Å². The van der Waals surface area contributed by atoms with Gasteiger partial charge in [0.2, 0.25) is 0 Å². The van der Waals surface area contributed by atoms with E-state index in [2.05, 4.69) is 108 Å². The van der Waals surface area contributed by atoms with Crippen LogP contribution in [0.2, 0.25) is 0 Å². The highest BCUT2D eigenvalue weighted by Gasteiger charge is 2.39. The Balaban J connectivity index is 1.73. The summed E-state index contributed by atoms with van der Waals surface area (Å²) in [4.78, 5) is 1.53. The lowest BCUT2D eigenvalue weighted by Gasteiger charge is -2.39. The number of hydrogen-bond donors (Lipinski definition) is 1. The Morgan fingerprint density at radius 2 is 1.18 bits per heavy atom. The molecule has 1 N–H and O–H groups in total. The number of nitrogens with one attached hydrogen (secondary N) is 1. The van der Waals surface area contributed by atoms with Crippen molar-refractivity contribution in [1.29, 1.82) is 0 Å². The van der Waals surface area contributed by atoms with Crippen molar-refractivity contribution in [2.24, 2.45) is 0 Å². The van der Waals surface area contributed by atoms with Gasteiger partial charge in [0.25, 0.3) is 0 Å². The van der Waals surface area contributed by atoms with Crippen LogP contribution in [0.5, 0.6) is 0 Å². The largest absolute Gasteiger partial charge is 0.293 e. The molecule has 1 nitrogen and oxygen atoms in total. The molecule has 0 bridgehead atoms. The second kappa shape index (κ2) is 7.38. The summed E-state index contributed by atoms with van der Waals surface area (Å²) in [5.41, 5.74) is 4.90. The van der Waals surface area contributed by atoms with E-state index < -0.39 is 5.54 Å². The number of thiophene rings is 1. The number of aryl methyl sites for hydroxylation is 1. The predicted molar refractivity (Wildman–Crippen MR) is 118 cm³/mol. The molecule has 3 aromatic carbocycles. The standard InChI is InChI=1S/C26H23NS/c1-4-10-20(11-5-1)26(21-12-6-2-7-13-21,22-14-8-3-9-15-22)27-24-16-17-25-23(24)18-19-28-25/h1-15,18-19,24,27H,16-17H2. The summed E-state index contributed by atoms with van der Waals surface area (Å²) in [5, 5.41) is 6.36. The van der Waals surface area contributed by atoms with E-state index in [1.807, 2.05) is 11.3 Å². The molecule has 1 aliphatic carbocycles. The molecule has 138 valence electrons. The van der Waals surface area contributed by atoms with E-state index in [0.29, 0.717) is 6.04 Å². The van der Waals surface area contributed by atoms with Gasteiger partial charge in [0, 0.05) is 10.9 Å². The maximum atomic E-state index is 4.13. The highest BCUT2D eigenvalue weighted by Crippen LogP contribution is 2.43. The van der Waals surface area contributed by atoms with E-state index in [9.17, 15) is 0 Å². The van der Waals surface area contributed by atoms with E-state index in [4.69, 9.17) is 0 Å². The van der Waals surface area contributed by atoms with Gasteiger partial charge in [-0.25, -0.2) is 0 Å². The van der Waals surface area contributed by atoms with Gasteiger partial charge < -0.3 is 0 Å². The molecule has 5 rings (SSSR count). The Labute approximate surface area is 170 Å². The van der Waals surface area contributed by atoms with E-state index in [1.165, 1.54) is 33.6 Å². The maximum Gasteiger partial charge on any atom is 0.0952 e. The molecule has 1 atom stereocenters. The summed E-state index contributed by atoms with van der Waals surface area (Å²) >= 11 is 1.89. The lowest BCUT2D eigenvalue weighted by molar-refractivity contribution is 0.395. The number of hydrogen-bond acceptors (Lipinski definition) is 2. The normalized spacial score (nSPS) is 16.1. The Morgan fingerprint density at radius 1 is 0.679 bits per heavy atom. The highest BCUT2D eigenvalue weighted by molar-refractivity contribution is 7.10. The van der Waals surface area contributed by atoms with Gasteiger partial charge in [-0.15, -0.1) is 11.3 Å². The second-order valence-electron chi connectivity index (χ2n) is 7.38. The van der Waals surface area contributed by atoms with Gasteiger partial charge >= 0.3 is 0 Å². The molecule has 1 aromatic heterocycles. The van der Waals surface area contributed by atoms with Gasteiger partial charge in [0.15, 0.2) is 0 Å². The van der Waals surface area contributed by atoms with E-state index in [0.717, 1.165) is 6.42 Å². The van der Waals surface area contributed by atoms with Crippen LogP contribution in [0.3, 0.4) is 0 Å². The first kappa shape index (κ1) is 17.4. The van der Waals surface area contributed by atoms with Crippen LogP contribution >= 0.6 is 11.3 Å². The van der Waals surface area contributed by atoms with Crippen molar-refractivity contribution in [3.63, 3.8) is 0 Å². The van der Waals surface area contributed by atoms with Crippen LogP contribution in [0.4, 0.5) is 0 Å². The summed E-state index contributed by atoms with van der Waals surface area (Å²) in [5.74, 6) is 0. The zero-order valence-electron chi connectivity index (χ0n) is 15.7. The number of rotatable bonds is 5. The van der Waals surface area contributed by atoms with Crippen molar-refractivity contribution in [3.8, 4) is 0 Å². The summed E-state index contributed by atoms with van der Waals surface area (Å²) in [7, 11) is 0. The van der Waals surface area contributed by atoms with Crippen LogP contribution in [0.15, 0.2) is 102 Å². The van der Waals surface area contributed by atoms with E-state index >= 15 is 0 Å². The van der Waals surface area contributed by atoms with Crippen molar-refractivity contribution in [3.05, 3.63) is 130 Å². The molecular formula is C26H23NS. The molecule has 0 saturated carbocycles. The topological polar surface area (TPSA) is 12.0 Å². The van der Waals surface area contributed by atoms with Crippen LogP contribution in [0, 0.1) is 0 Å². The fourth-order valence-corrected chi connectivity index (χ4v) is 5.48. The minimum absolute atomic E-state index is 0.349. The van der Waals surface area contributed by atoms with Gasteiger partial charge in [-0.1, -0.05) is 91.0 Å². The lowest BCUT2D eigenvalue weighted by atomic mass is 9.76. The SMILES string of the molecule is c1ccc(C(NC2CCc3sccc32)(c2ccccc2)c2ccccc2)cc1. The molecule has 1 aliphatic rings. The Morgan fingerprint density at radius 3 is 1.68 bits per heavy atom. The quantitative estimate of drug-likeness (QED) is 0.399. The van der Waals surface area contributed by atoms with Gasteiger partial charge in [-0.3, -0.25) is 5.32 Å². The smallest absolute Gasteiger partial charge is 0.0952 e. The number of fused-ring (bicyclic) bond motifs is 1. The zero-order chi connectivity index (χ0) is 18.8. The lowest BCUT2D eigenvalue weighted by Crippen LogP contribution is -2.46. The second-order valence-corrected chi connectivity index (χ2v) is 8.38. The van der Waals surface area contributed by atoms with Crippen LogP contribution in [0.1, 0.15) is 39.6 Å². The molecule has 28 heavy (non-hydrogen) atoms. The van der Waals surface area contributed by atoms with E-state index in [-0.39, 0.29) is 0 Å². The van der Waals surface area contributed by atoms with Crippen molar-refractivity contribution in [2.75, 3.05) is 0 Å². The van der Waals surface area contributed by atoms with Crippen LogP contribution in [-0.4, -0.2) is 0 Å². The van der Waals surface area contributed by atoms with Crippen molar-refractivity contribution < 1.29 is 0 Å². The minimum Gasteiger partial charge on any atom is -0.293 e. The fraction of sp³-hybridized carbons (Fsp3) is 0.154. The Bertz CT molecular complexity index is 941. The Kier molecular flexibility index (Phi) is 4.59. The molecule has 0 spiro atoms. The molecule has 0 amide bonds. The van der Waals surface area contributed by atoms with Crippen LogP contribution in [0.25, 0.3) is 0 Å². The molecule has 0 aliphatic heterocycles. The van der Waals surface area contributed by atoms with Gasteiger partial charge in [-0.05, 0) is 46.5 Å². The molecule has 2 heteroatoms. The van der Waals surface area contributed by atoms with Gasteiger partial charge in [0.05, 0.1) is 5.54 Å². The first-order valence-corrected chi connectivity index (χ1v) is 10.8. The summed E-state index contributed by atoms with van der Waals surface area (Å²) in [6.45, 7) is 0. The third-order valence-electron chi connectivity index (χ3n) is 5.83. The molecule has 1 heterocycles. The predicted octanol–water partition coefficient (Wildman–Crippen LogP) is 6.32. The highest BCUT2D eigenvalue weighted by atomic mass is 32.1. The Hall–Kier alpha value is -2.68. The van der Waals surface area contributed by atoms with Crippen LogP contribution < -0.4 is 5.32 Å². The molecule has 0 radical (unpaired) electrons. The molecule has 4 aromatic rings.